The molecule has 1 rings (SSSR count). The molecule has 3 N–H and O–H groups in total. The largest absolute Gasteiger partial charge is 0.399 e. The Morgan fingerprint density at radius 1 is 1.47 bits per heavy atom. The van der Waals surface area contributed by atoms with Crippen LogP contribution in [0.15, 0.2) is 24.3 Å². The minimum Gasteiger partial charge on any atom is -0.399 e. The lowest BCUT2D eigenvalue weighted by atomic mass is 10.1. The van der Waals surface area contributed by atoms with E-state index in [1.807, 2.05) is 25.2 Å². The van der Waals surface area contributed by atoms with Gasteiger partial charge in [-0.05, 0) is 38.1 Å². The molecule has 1 aromatic rings. The number of benzene rings is 1. The lowest BCUT2D eigenvalue weighted by molar-refractivity contribution is 0.187. The number of hydrogen-bond donors (Lipinski definition) is 2. The Bertz CT molecular complexity index is 301. The average molecular weight is 208 g/mol. The summed E-state index contributed by atoms with van der Waals surface area (Å²) < 4.78 is 0. The van der Waals surface area contributed by atoms with Crippen molar-refractivity contribution in [1.29, 1.82) is 0 Å². The van der Waals surface area contributed by atoms with Crippen molar-refractivity contribution in [2.24, 2.45) is 0 Å². The topological polar surface area (TPSA) is 49.5 Å². The number of likely N-dealkylation sites (N-methyl/N-ethyl adjacent to an activating group) is 1. The molecule has 84 valence electrons. The summed E-state index contributed by atoms with van der Waals surface area (Å²) in [6, 6.07) is 8.37. The molecule has 0 saturated carbocycles. The van der Waals surface area contributed by atoms with Gasteiger partial charge >= 0.3 is 0 Å². The van der Waals surface area contributed by atoms with Crippen molar-refractivity contribution in [2.45, 2.75) is 19.4 Å². The highest BCUT2D eigenvalue weighted by Crippen LogP contribution is 2.11. The van der Waals surface area contributed by atoms with Crippen LogP contribution in [-0.4, -0.2) is 36.2 Å². The molecule has 1 unspecified atom stereocenters. The van der Waals surface area contributed by atoms with Gasteiger partial charge in [0.1, 0.15) is 0 Å². The van der Waals surface area contributed by atoms with Gasteiger partial charge in [0, 0.05) is 18.3 Å². The van der Waals surface area contributed by atoms with Crippen LogP contribution in [0.3, 0.4) is 0 Å². The molecule has 1 atom stereocenters. The molecule has 0 aliphatic rings. The van der Waals surface area contributed by atoms with Crippen molar-refractivity contribution in [2.75, 3.05) is 25.9 Å². The molecule has 0 amide bonds. The van der Waals surface area contributed by atoms with E-state index in [0.29, 0.717) is 12.6 Å². The first kappa shape index (κ1) is 12.0. The van der Waals surface area contributed by atoms with Gasteiger partial charge in [-0.15, -0.1) is 0 Å². The Balaban J connectivity index is 2.54. The molecule has 0 aromatic heterocycles. The Morgan fingerprint density at radius 3 is 2.80 bits per heavy atom. The average Bonchev–Trinajstić information content (AvgIpc) is 2.18. The Morgan fingerprint density at radius 2 is 2.20 bits per heavy atom. The molecular weight excluding hydrogens is 188 g/mol. The second-order valence-corrected chi connectivity index (χ2v) is 4.00. The maximum atomic E-state index is 8.83. The van der Waals surface area contributed by atoms with E-state index in [0.717, 1.165) is 12.1 Å². The van der Waals surface area contributed by atoms with Crippen LogP contribution < -0.4 is 5.73 Å². The number of anilines is 1. The van der Waals surface area contributed by atoms with Gasteiger partial charge in [0.25, 0.3) is 0 Å². The fourth-order valence-electron chi connectivity index (χ4n) is 1.60. The van der Waals surface area contributed by atoms with Crippen LogP contribution in [-0.2, 0) is 6.42 Å². The highest BCUT2D eigenvalue weighted by molar-refractivity contribution is 5.40. The van der Waals surface area contributed by atoms with Crippen molar-refractivity contribution in [3.05, 3.63) is 29.8 Å². The molecule has 3 heteroatoms. The first-order valence-electron chi connectivity index (χ1n) is 5.29. The van der Waals surface area contributed by atoms with E-state index < -0.39 is 0 Å². The lowest BCUT2D eigenvalue weighted by Gasteiger charge is -2.23. The van der Waals surface area contributed by atoms with Gasteiger partial charge < -0.3 is 15.7 Å². The molecule has 0 heterocycles. The maximum absolute atomic E-state index is 8.83. The number of aliphatic hydroxyl groups is 1. The summed E-state index contributed by atoms with van der Waals surface area (Å²) in [5.74, 6) is 0. The summed E-state index contributed by atoms with van der Waals surface area (Å²) in [6.45, 7) is 3.07. The minimum absolute atomic E-state index is 0.206. The van der Waals surface area contributed by atoms with Gasteiger partial charge in [-0.2, -0.15) is 0 Å². The SMILES string of the molecule is CC(Cc1cccc(N)c1)N(C)CCO. The number of hydrogen-bond acceptors (Lipinski definition) is 3. The van der Waals surface area contributed by atoms with Crippen molar-refractivity contribution in [3.8, 4) is 0 Å². The highest BCUT2D eigenvalue weighted by atomic mass is 16.3. The molecule has 15 heavy (non-hydrogen) atoms. The monoisotopic (exact) mass is 208 g/mol. The van der Waals surface area contributed by atoms with Crippen LogP contribution in [0.2, 0.25) is 0 Å². The van der Waals surface area contributed by atoms with Gasteiger partial charge in [0.15, 0.2) is 0 Å². The molecule has 0 spiro atoms. The number of nitrogen functional groups attached to an aromatic ring is 1. The van der Waals surface area contributed by atoms with Gasteiger partial charge in [0.05, 0.1) is 6.61 Å². The predicted molar refractivity (Wildman–Crippen MR) is 63.7 cm³/mol. The molecule has 3 nitrogen and oxygen atoms in total. The summed E-state index contributed by atoms with van der Waals surface area (Å²) in [6.07, 6.45) is 0.960. The zero-order valence-electron chi connectivity index (χ0n) is 9.48. The van der Waals surface area contributed by atoms with Crippen LogP contribution in [0.5, 0.6) is 0 Å². The highest BCUT2D eigenvalue weighted by Gasteiger charge is 2.08. The molecule has 0 bridgehead atoms. The number of aliphatic hydroxyl groups excluding tert-OH is 1. The maximum Gasteiger partial charge on any atom is 0.0558 e. The fraction of sp³-hybridized carbons (Fsp3) is 0.500. The second kappa shape index (κ2) is 5.73. The van der Waals surface area contributed by atoms with Crippen molar-refractivity contribution in [3.63, 3.8) is 0 Å². The third-order valence-electron chi connectivity index (χ3n) is 2.69. The van der Waals surface area contributed by atoms with Crippen LogP contribution in [0.25, 0.3) is 0 Å². The number of nitrogens with two attached hydrogens (primary N) is 1. The zero-order valence-corrected chi connectivity index (χ0v) is 9.48. The van der Waals surface area contributed by atoms with Crippen LogP contribution in [0.4, 0.5) is 5.69 Å². The fourth-order valence-corrected chi connectivity index (χ4v) is 1.60. The molecular formula is C12H20N2O. The first-order chi connectivity index (χ1) is 7.13. The van der Waals surface area contributed by atoms with Crippen LogP contribution in [0.1, 0.15) is 12.5 Å². The standard InChI is InChI=1S/C12H20N2O/c1-10(14(2)6-7-15)8-11-4-3-5-12(13)9-11/h3-5,9-10,15H,6-8,13H2,1-2H3. The van der Waals surface area contributed by atoms with E-state index in [1.54, 1.807) is 0 Å². The summed E-state index contributed by atoms with van der Waals surface area (Å²) in [7, 11) is 2.02. The van der Waals surface area contributed by atoms with E-state index in [2.05, 4.69) is 17.9 Å². The van der Waals surface area contributed by atoms with Crippen molar-refractivity contribution >= 4 is 5.69 Å². The second-order valence-electron chi connectivity index (χ2n) is 4.00. The Hall–Kier alpha value is -1.06. The Labute approximate surface area is 91.5 Å². The summed E-state index contributed by atoms with van der Waals surface area (Å²) in [5, 5.41) is 8.83. The first-order valence-corrected chi connectivity index (χ1v) is 5.29. The molecule has 0 aliphatic heterocycles. The van der Waals surface area contributed by atoms with Gasteiger partial charge in [-0.1, -0.05) is 12.1 Å². The zero-order chi connectivity index (χ0) is 11.3. The smallest absolute Gasteiger partial charge is 0.0558 e. The lowest BCUT2D eigenvalue weighted by Crippen LogP contribution is -2.33. The van der Waals surface area contributed by atoms with E-state index in [4.69, 9.17) is 10.8 Å². The van der Waals surface area contributed by atoms with E-state index in [1.165, 1.54) is 5.56 Å². The third-order valence-corrected chi connectivity index (χ3v) is 2.69. The summed E-state index contributed by atoms with van der Waals surface area (Å²) in [4.78, 5) is 2.14. The van der Waals surface area contributed by atoms with Gasteiger partial charge in [0.2, 0.25) is 0 Å². The van der Waals surface area contributed by atoms with Crippen molar-refractivity contribution in [1.82, 2.24) is 4.90 Å². The van der Waals surface area contributed by atoms with Crippen LogP contribution in [0, 0.1) is 0 Å². The van der Waals surface area contributed by atoms with E-state index >= 15 is 0 Å². The predicted octanol–water partition coefficient (Wildman–Crippen LogP) is 1.12. The Kier molecular flexibility index (Phi) is 4.59. The van der Waals surface area contributed by atoms with Crippen LogP contribution >= 0.6 is 0 Å². The molecule has 0 saturated heterocycles. The van der Waals surface area contributed by atoms with Gasteiger partial charge in [-0.3, -0.25) is 0 Å². The number of nitrogens with zero attached hydrogens (tertiary/aromatic N) is 1. The molecule has 1 aromatic carbocycles. The van der Waals surface area contributed by atoms with E-state index in [9.17, 15) is 0 Å². The third kappa shape index (κ3) is 3.90. The molecule has 0 aliphatic carbocycles. The molecule has 0 radical (unpaired) electrons. The normalized spacial score (nSPS) is 13.1. The van der Waals surface area contributed by atoms with Gasteiger partial charge in [-0.25, -0.2) is 0 Å². The van der Waals surface area contributed by atoms with Crippen molar-refractivity contribution < 1.29 is 5.11 Å². The molecule has 0 fully saturated rings. The summed E-state index contributed by atoms with van der Waals surface area (Å²) in [5.41, 5.74) is 7.77. The minimum atomic E-state index is 0.206. The quantitative estimate of drug-likeness (QED) is 0.713. The van der Waals surface area contributed by atoms with E-state index in [-0.39, 0.29) is 6.61 Å². The summed E-state index contributed by atoms with van der Waals surface area (Å²) >= 11 is 0. The number of rotatable bonds is 5.